The Hall–Kier alpha value is -2.01. The molecule has 2 aromatic rings. The molecule has 0 saturated carbocycles. The molecule has 5 heteroatoms. The molecular formula is C19H25N3OS. The molecule has 0 spiro atoms. The lowest BCUT2D eigenvalue weighted by Crippen LogP contribution is -2.34. The zero-order valence-electron chi connectivity index (χ0n) is 14.7. The lowest BCUT2D eigenvalue weighted by molar-refractivity contribution is 0.202. The number of pyridine rings is 1. The van der Waals surface area contributed by atoms with Gasteiger partial charge in [0.1, 0.15) is 0 Å². The van der Waals surface area contributed by atoms with Crippen molar-refractivity contribution in [2.24, 2.45) is 0 Å². The molecule has 4 nitrogen and oxygen atoms in total. The molecule has 1 heterocycles. The monoisotopic (exact) mass is 343 g/mol. The predicted molar refractivity (Wildman–Crippen MR) is 102 cm³/mol. The van der Waals surface area contributed by atoms with Crippen molar-refractivity contribution in [2.75, 3.05) is 18.6 Å². The fraction of sp³-hybridized carbons (Fsp3) is 0.368. The zero-order chi connectivity index (χ0) is 17.5. The molecular weight excluding hydrogens is 318 g/mol. The fourth-order valence-corrected chi connectivity index (χ4v) is 3.10. The molecule has 2 rings (SSSR count). The second-order valence-corrected chi connectivity index (χ2v) is 6.93. The summed E-state index contributed by atoms with van der Waals surface area (Å²) in [4.78, 5) is 18.4. The Morgan fingerprint density at radius 1 is 1.25 bits per heavy atom. The van der Waals surface area contributed by atoms with Gasteiger partial charge in [-0.3, -0.25) is 4.98 Å². The average Bonchev–Trinajstić information content (AvgIpc) is 2.62. The molecule has 2 atom stereocenters. The number of urea groups is 1. The number of hydrogen-bond donors (Lipinski definition) is 1. The second-order valence-electron chi connectivity index (χ2n) is 5.75. The van der Waals surface area contributed by atoms with Crippen molar-refractivity contribution in [3.05, 3.63) is 59.9 Å². The van der Waals surface area contributed by atoms with E-state index in [2.05, 4.69) is 36.5 Å². The summed E-state index contributed by atoms with van der Waals surface area (Å²) >= 11 is 1.79. The van der Waals surface area contributed by atoms with Gasteiger partial charge in [-0.15, -0.1) is 0 Å². The molecule has 1 aromatic heterocycles. The van der Waals surface area contributed by atoms with Crippen LogP contribution in [0.2, 0.25) is 0 Å². The Bertz CT molecular complexity index is 663. The Labute approximate surface area is 148 Å². The van der Waals surface area contributed by atoms with Gasteiger partial charge in [-0.2, -0.15) is 11.8 Å². The molecule has 0 fully saturated rings. The second kappa shape index (κ2) is 8.73. The van der Waals surface area contributed by atoms with E-state index in [1.807, 2.05) is 37.4 Å². The van der Waals surface area contributed by atoms with Crippen LogP contribution in [0.5, 0.6) is 0 Å². The zero-order valence-corrected chi connectivity index (χ0v) is 15.5. The summed E-state index contributed by atoms with van der Waals surface area (Å²) in [6, 6.07) is 11.9. The van der Waals surface area contributed by atoms with Crippen LogP contribution in [0.3, 0.4) is 0 Å². The lowest BCUT2D eigenvalue weighted by Gasteiger charge is -2.28. The fourth-order valence-electron chi connectivity index (χ4n) is 2.68. The summed E-state index contributed by atoms with van der Waals surface area (Å²) in [7, 11) is 1.83. The van der Waals surface area contributed by atoms with E-state index >= 15 is 0 Å². The first-order valence-corrected chi connectivity index (χ1v) is 9.42. The summed E-state index contributed by atoms with van der Waals surface area (Å²) in [6.45, 7) is 4.24. The number of rotatable bonds is 6. The molecule has 0 saturated heterocycles. The first-order chi connectivity index (χ1) is 11.6. The highest BCUT2D eigenvalue weighted by atomic mass is 32.2. The Morgan fingerprint density at radius 3 is 2.58 bits per heavy atom. The van der Waals surface area contributed by atoms with Crippen LogP contribution < -0.4 is 5.32 Å². The third-order valence-corrected chi connectivity index (χ3v) is 5.21. The number of benzene rings is 1. The van der Waals surface area contributed by atoms with Gasteiger partial charge in [-0.05, 0) is 55.0 Å². The van der Waals surface area contributed by atoms with Crippen LogP contribution in [0.4, 0.5) is 10.5 Å². The highest BCUT2D eigenvalue weighted by molar-refractivity contribution is 7.98. The molecule has 0 radical (unpaired) electrons. The van der Waals surface area contributed by atoms with Gasteiger partial charge in [0.05, 0.1) is 6.04 Å². The molecule has 1 aromatic carbocycles. The Kier molecular flexibility index (Phi) is 6.67. The van der Waals surface area contributed by atoms with E-state index in [-0.39, 0.29) is 12.1 Å². The minimum absolute atomic E-state index is 0.0290. The topological polar surface area (TPSA) is 45.2 Å². The maximum atomic E-state index is 12.6. The van der Waals surface area contributed by atoms with Crippen molar-refractivity contribution in [1.29, 1.82) is 0 Å². The molecule has 0 aliphatic carbocycles. The number of amides is 2. The number of nitrogens with one attached hydrogen (secondary N) is 1. The van der Waals surface area contributed by atoms with Gasteiger partial charge in [-0.1, -0.05) is 19.1 Å². The normalized spacial score (nSPS) is 13.2. The number of nitrogens with zero attached hydrogens (tertiary/aromatic N) is 2. The van der Waals surface area contributed by atoms with E-state index in [0.717, 1.165) is 17.7 Å². The van der Waals surface area contributed by atoms with Crippen molar-refractivity contribution < 1.29 is 4.79 Å². The number of aromatic nitrogens is 1. The predicted octanol–water partition coefficient (Wildman–Crippen LogP) is 5.12. The van der Waals surface area contributed by atoms with Gasteiger partial charge in [-0.25, -0.2) is 4.79 Å². The van der Waals surface area contributed by atoms with Gasteiger partial charge in [0, 0.05) is 30.4 Å². The summed E-state index contributed by atoms with van der Waals surface area (Å²) in [6.07, 6.45) is 6.45. The molecule has 0 aliphatic heterocycles. The van der Waals surface area contributed by atoms with Crippen LogP contribution in [0, 0.1) is 0 Å². The molecule has 2 amide bonds. The van der Waals surface area contributed by atoms with Crippen LogP contribution in [0.25, 0.3) is 0 Å². The van der Waals surface area contributed by atoms with E-state index in [1.165, 1.54) is 5.56 Å². The van der Waals surface area contributed by atoms with Gasteiger partial charge >= 0.3 is 6.03 Å². The lowest BCUT2D eigenvalue weighted by atomic mass is 10.1. The summed E-state index contributed by atoms with van der Waals surface area (Å²) in [5.74, 6) is 0. The first-order valence-electron chi connectivity index (χ1n) is 8.13. The van der Waals surface area contributed by atoms with Crippen LogP contribution in [-0.4, -0.2) is 29.2 Å². The standard InChI is InChI=1S/C19H25N3OS/c1-5-18(15-9-11-20-12-10-15)22(3)19(23)21-17-8-6-7-16(13-17)14(2)24-4/h6-14,18H,5H2,1-4H3,(H,21,23)/t14-,18-/m1/s1. The molecule has 1 N–H and O–H groups in total. The van der Waals surface area contributed by atoms with Crippen LogP contribution in [-0.2, 0) is 0 Å². The minimum atomic E-state index is -0.104. The summed E-state index contributed by atoms with van der Waals surface area (Å²) in [5.41, 5.74) is 3.13. The van der Waals surface area contributed by atoms with Gasteiger partial charge in [0.2, 0.25) is 0 Å². The van der Waals surface area contributed by atoms with Crippen molar-refractivity contribution in [2.45, 2.75) is 31.6 Å². The molecule has 0 bridgehead atoms. The SMILES string of the molecule is CC[C@H](c1ccncc1)N(C)C(=O)Nc1cccc([C@@H](C)SC)c1. The molecule has 24 heavy (non-hydrogen) atoms. The largest absolute Gasteiger partial charge is 0.322 e. The maximum Gasteiger partial charge on any atom is 0.322 e. The average molecular weight is 343 g/mol. The highest BCUT2D eigenvalue weighted by Gasteiger charge is 2.20. The van der Waals surface area contributed by atoms with E-state index in [0.29, 0.717) is 5.25 Å². The van der Waals surface area contributed by atoms with Crippen molar-refractivity contribution >= 4 is 23.5 Å². The van der Waals surface area contributed by atoms with E-state index in [9.17, 15) is 4.79 Å². The van der Waals surface area contributed by atoms with Crippen molar-refractivity contribution in [3.8, 4) is 0 Å². The quantitative estimate of drug-likeness (QED) is 0.791. The van der Waals surface area contributed by atoms with Crippen molar-refractivity contribution in [3.63, 3.8) is 0 Å². The van der Waals surface area contributed by atoms with Crippen LogP contribution in [0.1, 0.15) is 42.7 Å². The number of carbonyl (C=O) groups is 1. The van der Waals surface area contributed by atoms with E-state index in [4.69, 9.17) is 0 Å². The molecule has 128 valence electrons. The number of thioether (sulfide) groups is 1. The summed E-state index contributed by atoms with van der Waals surface area (Å²) in [5, 5.41) is 3.41. The number of hydrogen-bond acceptors (Lipinski definition) is 3. The Morgan fingerprint density at radius 2 is 1.96 bits per heavy atom. The molecule has 0 unspecified atom stereocenters. The third-order valence-electron chi connectivity index (χ3n) is 4.23. The summed E-state index contributed by atoms with van der Waals surface area (Å²) < 4.78 is 0. The van der Waals surface area contributed by atoms with E-state index < -0.39 is 0 Å². The Balaban J connectivity index is 2.11. The van der Waals surface area contributed by atoms with Gasteiger partial charge in [0.25, 0.3) is 0 Å². The maximum absolute atomic E-state index is 12.6. The van der Waals surface area contributed by atoms with E-state index in [1.54, 1.807) is 29.1 Å². The van der Waals surface area contributed by atoms with Crippen LogP contribution >= 0.6 is 11.8 Å². The van der Waals surface area contributed by atoms with Gasteiger partial charge in [0.15, 0.2) is 0 Å². The van der Waals surface area contributed by atoms with Crippen molar-refractivity contribution in [1.82, 2.24) is 9.88 Å². The highest BCUT2D eigenvalue weighted by Crippen LogP contribution is 2.28. The minimum Gasteiger partial charge on any atom is -0.321 e. The molecule has 0 aliphatic rings. The smallest absolute Gasteiger partial charge is 0.321 e. The third kappa shape index (κ3) is 4.51. The number of anilines is 1. The van der Waals surface area contributed by atoms with Crippen LogP contribution in [0.15, 0.2) is 48.8 Å². The number of carbonyl (C=O) groups excluding carboxylic acids is 1. The first kappa shape index (κ1) is 18.3. The van der Waals surface area contributed by atoms with Gasteiger partial charge < -0.3 is 10.2 Å².